The number of unbranched alkanes of at least 4 members (excludes halogenated alkanes) is 9. The lowest BCUT2D eigenvalue weighted by molar-refractivity contribution is -0.420. The molecule has 0 aromatic heterocycles. The van der Waals surface area contributed by atoms with Gasteiger partial charge in [-0.25, -0.2) is 0 Å². The molecule has 0 spiro atoms. The zero-order valence-electron chi connectivity index (χ0n) is 37.2. The molecule has 0 aromatic carbocycles. The van der Waals surface area contributed by atoms with Gasteiger partial charge in [-0.1, -0.05) is 120 Å². The first-order valence-corrected chi connectivity index (χ1v) is 23.8. The first kappa shape index (κ1) is 55.1. The Balaban J connectivity index is 7.49. The van der Waals surface area contributed by atoms with Gasteiger partial charge in [0.1, 0.15) is 19.8 Å². The summed E-state index contributed by atoms with van der Waals surface area (Å²) in [5, 5.41) is 0. The minimum atomic E-state index is -3.58. The average molecular weight is 811 g/mol. The van der Waals surface area contributed by atoms with E-state index in [-0.39, 0.29) is 19.8 Å². The normalized spacial score (nSPS) is 12.6. The van der Waals surface area contributed by atoms with Crippen LogP contribution in [0, 0.1) is 0 Å². The van der Waals surface area contributed by atoms with Crippen LogP contribution in [0.15, 0.2) is 0 Å². The summed E-state index contributed by atoms with van der Waals surface area (Å²) in [5.41, 5.74) is 0. The number of hydrogen-bond donors (Lipinski definition) is 0. The first-order chi connectivity index (χ1) is 26.8. The maximum atomic E-state index is 7.00. The van der Waals surface area contributed by atoms with Crippen LogP contribution >= 0.6 is 0 Å². The van der Waals surface area contributed by atoms with Crippen LogP contribution in [0.5, 0.6) is 0 Å². The topological polar surface area (TPSA) is 111 Å². The molecule has 0 amide bonds. The minimum Gasteiger partial charge on any atom is -0.403 e. The largest absolute Gasteiger partial charge is 0.917 e. The number of rotatable bonds is 45. The maximum absolute atomic E-state index is 7.00. The zero-order chi connectivity index (χ0) is 40.8. The number of hydrogen-bond acceptors (Lipinski definition) is 12. The summed E-state index contributed by atoms with van der Waals surface area (Å²) in [6, 6.07) is 0. The van der Waals surface area contributed by atoms with Gasteiger partial charge in [0.2, 0.25) is 0 Å². The predicted molar refractivity (Wildman–Crippen MR) is 220 cm³/mol. The fourth-order valence-corrected chi connectivity index (χ4v) is 6.39. The summed E-state index contributed by atoms with van der Waals surface area (Å²) in [4.78, 5) is 0. The van der Waals surface area contributed by atoms with E-state index in [1.165, 1.54) is 0 Å². The van der Waals surface area contributed by atoms with Gasteiger partial charge >= 0.3 is 15.1 Å². The van der Waals surface area contributed by atoms with Crippen LogP contribution in [-0.4, -0.2) is 112 Å². The molecule has 0 aliphatic carbocycles. The fraction of sp³-hybridized carbons (Fsp3) is 1.00. The fourth-order valence-electron chi connectivity index (χ4n) is 4.76. The van der Waals surface area contributed by atoms with Crippen LogP contribution in [0.25, 0.3) is 0 Å². The van der Waals surface area contributed by atoms with Crippen molar-refractivity contribution in [3.63, 3.8) is 0 Å². The molecular weight excluding hydrogens is 723 g/mol. The monoisotopic (exact) mass is 811 g/mol. The summed E-state index contributed by atoms with van der Waals surface area (Å²) < 4.78 is 79.0. The molecule has 0 bridgehead atoms. The summed E-state index contributed by atoms with van der Waals surface area (Å²) in [6.07, 6.45) is 16.0. The zero-order valence-corrected chi connectivity index (χ0v) is 38.3. The molecule has 0 aromatic rings. The van der Waals surface area contributed by atoms with E-state index >= 15 is 0 Å². The summed E-state index contributed by atoms with van der Waals surface area (Å²) in [6.45, 7) is 23.0. The highest BCUT2D eigenvalue weighted by molar-refractivity contribution is 6.36. The van der Waals surface area contributed by atoms with E-state index in [1.54, 1.807) is 0 Å². The van der Waals surface area contributed by atoms with Gasteiger partial charge in [0.25, 0.3) is 17.9 Å². The van der Waals surface area contributed by atoms with Gasteiger partial charge in [-0.15, -0.1) is 0 Å². The third-order valence-electron chi connectivity index (χ3n) is 8.51. The van der Waals surface area contributed by atoms with Crippen LogP contribution in [0.1, 0.15) is 178 Å². The van der Waals surface area contributed by atoms with E-state index in [9.17, 15) is 0 Å². The molecule has 330 valence electrons. The smallest absolute Gasteiger partial charge is 0.403 e. The molecule has 0 fully saturated rings. The van der Waals surface area contributed by atoms with Crippen molar-refractivity contribution in [2.75, 3.05) is 79.3 Å². The molecule has 0 aliphatic heterocycles. The van der Waals surface area contributed by atoms with Crippen molar-refractivity contribution in [2.45, 2.75) is 196 Å². The molecule has 0 atom stereocenters. The van der Waals surface area contributed by atoms with Gasteiger partial charge in [-0.3, -0.25) is 0 Å². The van der Waals surface area contributed by atoms with Crippen molar-refractivity contribution in [3.05, 3.63) is 0 Å². The third kappa shape index (κ3) is 28.2. The van der Waals surface area contributed by atoms with E-state index in [2.05, 4.69) is 62.3 Å². The van der Waals surface area contributed by atoms with Crippen molar-refractivity contribution in [1.82, 2.24) is 0 Å². The Hall–Kier alpha value is 0.0525. The standard InChI is InChI=1S/3C14H29O4.Al/c3*1-4-7-10-16-13-14(15,17-11-8-5-2)18-12-9-6-3;/h3*4-13H2,1-3H3;/q3*-1;+3. The van der Waals surface area contributed by atoms with Gasteiger partial charge < -0.3 is 54.0 Å². The highest BCUT2D eigenvalue weighted by Crippen LogP contribution is 2.30. The van der Waals surface area contributed by atoms with Gasteiger partial charge in [-0.05, 0) is 57.8 Å². The Morgan fingerprint density at radius 2 is 0.455 bits per heavy atom. The maximum Gasteiger partial charge on any atom is 0.917 e. The Morgan fingerprint density at radius 1 is 0.273 bits per heavy atom. The molecule has 0 saturated carbocycles. The lowest BCUT2D eigenvalue weighted by Crippen LogP contribution is -2.59. The Labute approximate surface area is 343 Å². The van der Waals surface area contributed by atoms with Crippen molar-refractivity contribution < 1.29 is 54.0 Å². The van der Waals surface area contributed by atoms with Gasteiger partial charge in [0.15, 0.2) is 0 Å². The van der Waals surface area contributed by atoms with Crippen LogP contribution in [0.3, 0.4) is 0 Å². The van der Waals surface area contributed by atoms with Crippen molar-refractivity contribution in [2.24, 2.45) is 0 Å². The summed E-state index contributed by atoms with van der Waals surface area (Å²) in [5.74, 6) is -4.92. The van der Waals surface area contributed by atoms with Crippen molar-refractivity contribution in [3.8, 4) is 0 Å². The Bertz CT molecular complexity index is 666. The third-order valence-corrected chi connectivity index (χ3v) is 10.2. The molecule has 12 nitrogen and oxygen atoms in total. The SMILES string of the molecule is CCCCOCC(OCCCC)(OCCCC)[O][Al]([O]C(COCCCC)(OCCCC)OCCCC)[O]C(COCCCC)(OCCCC)OCCCC. The minimum absolute atomic E-state index is 0.0113. The predicted octanol–water partition coefficient (Wildman–Crippen LogP) is 10.3. The van der Waals surface area contributed by atoms with Crippen molar-refractivity contribution >= 4 is 15.1 Å². The molecular formula is C42H87AlO12. The first-order valence-electron chi connectivity index (χ1n) is 22.4. The van der Waals surface area contributed by atoms with E-state index in [0.717, 1.165) is 116 Å². The average Bonchev–Trinajstić information content (AvgIpc) is 3.17. The molecule has 0 N–H and O–H groups in total. The molecule has 13 heteroatoms. The van der Waals surface area contributed by atoms with E-state index < -0.39 is 33.1 Å². The van der Waals surface area contributed by atoms with E-state index in [1.807, 2.05) is 0 Å². The summed E-state index contributed by atoms with van der Waals surface area (Å²) in [7, 11) is 0. The molecule has 55 heavy (non-hydrogen) atoms. The molecule has 0 aliphatic rings. The highest BCUT2D eigenvalue weighted by atomic mass is 27.3. The van der Waals surface area contributed by atoms with Crippen molar-refractivity contribution in [1.29, 1.82) is 0 Å². The van der Waals surface area contributed by atoms with Crippen LogP contribution < -0.4 is 0 Å². The van der Waals surface area contributed by atoms with Crippen LogP contribution in [-0.2, 0) is 54.0 Å². The second-order valence-corrected chi connectivity index (χ2v) is 15.4. The second-order valence-electron chi connectivity index (χ2n) is 14.1. The van der Waals surface area contributed by atoms with Crippen LogP contribution in [0.2, 0.25) is 0 Å². The Morgan fingerprint density at radius 3 is 0.636 bits per heavy atom. The van der Waals surface area contributed by atoms with Gasteiger partial charge in [0, 0.05) is 19.8 Å². The molecule has 0 rings (SSSR count). The molecule has 0 unspecified atom stereocenters. The Kier molecular flexibility index (Phi) is 38.3. The van der Waals surface area contributed by atoms with Gasteiger partial charge in [-0.2, -0.15) is 0 Å². The second kappa shape index (κ2) is 38.3. The molecule has 0 heterocycles. The number of ether oxygens (including phenoxy) is 9. The van der Waals surface area contributed by atoms with Gasteiger partial charge in [0.05, 0.1) is 39.6 Å². The molecule has 0 saturated heterocycles. The molecule has 0 radical (unpaired) electrons. The van der Waals surface area contributed by atoms with E-state index in [4.69, 9.17) is 54.0 Å². The lowest BCUT2D eigenvalue weighted by Gasteiger charge is -2.41. The summed E-state index contributed by atoms with van der Waals surface area (Å²) >= 11 is -3.58. The lowest BCUT2D eigenvalue weighted by atomic mass is 10.3. The van der Waals surface area contributed by atoms with E-state index in [0.29, 0.717) is 59.5 Å². The highest BCUT2D eigenvalue weighted by Gasteiger charge is 2.56. The quantitative estimate of drug-likeness (QED) is 0.0332. The van der Waals surface area contributed by atoms with Crippen LogP contribution in [0.4, 0.5) is 0 Å².